The van der Waals surface area contributed by atoms with Gasteiger partial charge in [-0.2, -0.15) is 0 Å². The van der Waals surface area contributed by atoms with Crippen molar-refractivity contribution >= 4 is 42.0 Å². The summed E-state index contributed by atoms with van der Waals surface area (Å²) in [6, 6.07) is 25.7. The fourth-order valence-corrected chi connectivity index (χ4v) is 8.82. The number of piperazine rings is 1. The molecule has 1 N–H and O–H groups in total. The van der Waals surface area contributed by atoms with E-state index in [1.54, 1.807) is 9.80 Å². The maximum absolute atomic E-state index is 14.1. The second-order valence-corrected chi connectivity index (χ2v) is 17.1. The number of hydrogen-bond acceptors (Lipinski definition) is 11. The fourth-order valence-electron chi connectivity index (χ4n) is 8.82. The SMILES string of the molecule is O=C(/N=C(\NC(=O)OCc1ccccc1)N1CCCC(CC2C(=O)N(C(=O)N3CCN(C(=O)CCCCCN4CCOCC4)CC3)C2C(=O)OCc2ccccc2)C1)OCc1ccccc1. The van der Waals surface area contributed by atoms with E-state index in [4.69, 9.17) is 18.9 Å². The molecule has 3 unspecified atom stereocenters. The van der Waals surface area contributed by atoms with Crippen molar-refractivity contribution in [2.24, 2.45) is 16.8 Å². The molecule has 0 aliphatic carbocycles. The summed E-state index contributed by atoms with van der Waals surface area (Å²) in [6.45, 7) is 6.20. The molecule has 4 heterocycles. The van der Waals surface area contributed by atoms with Crippen LogP contribution in [0, 0.1) is 11.8 Å². The van der Waals surface area contributed by atoms with Gasteiger partial charge in [-0.1, -0.05) is 97.4 Å². The molecule has 6 amide bonds. The minimum atomic E-state index is -1.16. The first-order valence-electron chi connectivity index (χ1n) is 23.1. The number of imide groups is 1. The molecule has 4 fully saturated rings. The van der Waals surface area contributed by atoms with Crippen LogP contribution in [0.15, 0.2) is 96.0 Å². The zero-order valence-electron chi connectivity index (χ0n) is 37.5. The first-order chi connectivity index (χ1) is 32.2. The third-order valence-corrected chi connectivity index (χ3v) is 12.5. The van der Waals surface area contributed by atoms with Gasteiger partial charge in [0.2, 0.25) is 17.8 Å². The molecule has 17 heteroatoms. The number of esters is 1. The quantitative estimate of drug-likeness (QED) is 0.0511. The van der Waals surface area contributed by atoms with Gasteiger partial charge >= 0.3 is 24.2 Å². The lowest BCUT2D eigenvalue weighted by molar-refractivity contribution is -0.172. The van der Waals surface area contributed by atoms with Crippen molar-refractivity contribution in [3.8, 4) is 0 Å². The summed E-state index contributed by atoms with van der Waals surface area (Å²) in [7, 11) is 0. The van der Waals surface area contributed by atoms with Crippen molar-refractivity contribution in [3.05, 3.63) is 108 Å². The zero-order chi connectivity index (χ0) is 46.1. The van der Waals surface area contributed by atoms with Gasteiger partial charge in [0.25, 0.3) is 0 Å². The van der Waals surface area contributed by atoms with Gasteiger partial charge in [-0.05, 0) is 61.3 Å². The van der Waals surface area contributed by atoms with E-state index in [1.165, 1.54) is 4.90 Å². The summed E-state index contributed by atoms with van der Waals surface area (Å²) in [5.74, 6) is -2.22. The van der Waals surface area contributed by atoms with Gasteiger partial charge < -0.3 is 33.6 Å². The van der Waals surface area contributed by atoms with E-state index in [-0.39, 0.29) is 63.7 Å². The molecule has 0 bridgehead atoms. The van der Waals surface area contributed by atoms with Gasteiger partial charge in [0.05, 0.1) is 19.1 Å². The Labute approximate surface area is 386 Å². The molecule has 3 atom stereocenters. The highest BCUT2D eigenvalue weighted by Gasteiger charge is 2.57. The number of unbranched alkanes of at least 4 members (excludes halogenated alkanes) is 2. The van der Waals surface area contributed by atoms with Crippen LogP contribution in [0.5, 0.6) is 0 Å². The molecule has 0 spiro atoms. The number of hydrogen-bond donors (Lipinski definition) is 1. The second kappa shape index (κ2) is 24.3. The number of alkyl carbamates (subject to hydrolysis) is 1. The Bertz CT molecular complexity index is 2110. The smallest absolute Gasteiger partial charge is 0.437 e. The lowest BCUT2D eigenvalue weighted by atomic mass is 9.78. The Morgan fingerprint density at radius 3 is 1.89 bits per heavy atom. The maximum Gasteiger partial charge on any atom is 0.437 e. The fraction of sp³-hybridized carbons (Fsp3) is 0.490. The zero-order valence-corrected chi connectivity index (χ0v) is 37.5. The van der Waals surface area contributed by atoms with Crippen LogP contribution in [0.4, 0.5) is 14.4 Å². The predicted molar refractivity (Wildman–Crippen MR) is 242 cm³/mol. The number of morpholine rings is 1. The molecule has 66 heavy (non-hydrogen) atoms. The predicted octanol–water partition coefficient (Wildman–Crippen LogP) is 5.43. The first-order valence-corrected chi connectivity index (χ1v) is 23.1. The summed E-state index contributed by atoms with van der Waals surface area (Å²) >= 11 is 0. The number of guanidine groups is 1. The van der Waals surface area contributed by atoms with Crippen LogP contribution >= 0.6 is 0 Å². The van der Waals surface area contributed by atoms with Crippen LogP contribution in [0.2, 0.25) is 0 Å². The van der Waals surface area contributed by atoms with Crippen molar-refractivity contribution in [1.82, 2.24) is 29.8 Å². The topological polar surface area (TPSA) is 180 Å². The number of rotatable bonds is 15. The Balaban J connectivity index is 0.971. The summed E-state index contributed by atoms with van der Waals surface area (Å²) < 4.78 is 22.1. The number of urea groups is 1. The van der Waals surface area contributed by atoms with Crippen molar-refractivity contribution in [2.45, 2.75) is 70.8 Å². The number of amides is 6. The van der Waals surface area contributed by atoms with Crippen LogP contribution in [0.1, 0.15) is 61.6 Å². The number of aliphatic imine (C=N–C) groups is 1. The largest absolute Gasteiger partial charge is 0.459 e. The van der Waals surface area contributed by atoms with Crippen molar-refractivity contribution in [1.29, 1.82) is 0 Å². The lowest BCUT2D eigenvalue weighted by Gasteiger charge is -2.48. The minimum absolute atomic E-state index is 0.00796. The normalized spacial score (nSPS) is 20.3. The van der Waals surface area contributed by atoms with E-state index in [0.29, 0.717) is 38.9 Å². The molecule has 3 aromatic carbocycles. The number of ether oxygens (including phenoxy) is 4. The Morgan fingerprint density at radius 2 is 1.26 bits per heavy atom. The second-order valence-electron chi connectivity index (χ2n) is 17.1. The number of nitrogens with one attached hydrogen (secondary N) is 1. The van der Waals surface area contributed by atoms with E-state index >= 15 is 0 Å². The molecular formula is C49H61N7O10. The molecular weight excluding hydrogens is 847 g/mol. The highest BCUT2D eigenvalue weighted by Crippen LogP contribution is 2.37. The monoisotopic (exact) mass is 907 g/mol. The molecule has 7 rings (SSSR count). The third kappa shape index (κ3) is 13.6. The number of β-lactam (4-membered cyclic amide) rings is 1. The number of carbonyl (C=O) groups is 6. The Hall–Kier alpha value is -6.33. The number of likely N-dealkylation sites (tertiary alicyclic amines) is 2. The van der Waals surface area contributed by atoms with Crippen molar-refractivity contribution in [2.75, 3.05) is 72.1 Å². The van der Waals surface area contributed by atoms with Crippen molar-refractivity contribution < 1.29 is 47.7 Å². The molecule has 3 aromatic rings. The maximum atomic E-state index is 14.1. The van der Waals surface area contributed by atoms with E-state index in [9.17, 15) is 28.8 Å². The van der Waals surface area contributed by atoms with Crippen LogP contribution in [0.25, 0.3) is 0 Å². The van der Waals surface area contributed by atoms with Gasteiger partial charge in [0.1, 0.15) is 19.8 Å². The summed E-state index contributed by atoms with van der Waals surface area (Å²) in [6.07, 6.45) is 3.02. The van der Waals surface area contributed by atoms with Gasteiger partial charge in [-0.15, -0.1) is 4.99 Å². The summed E-state index contributed by atoms with van der Waals surface area (Å²) in [4.78, 5) is 94.0. The van der Waals surface area contributed by atoms with Crippen LogP contribution in [-0.2, 0) is 53.2 Å². The standard InChI is InChI=1S/C49H61N7O10/c57-42(21-11-4-12-22-52-28-30-63-31-29-52)53-24-26-54(27-25-53)49(62)56-43(45(59)64-34-37-14-5-1-6-15-37)41(44(56)58)32-40-20-13-23-55(33-40)46(50-47(60)65-35-38-16-7-2-8-17-38)51-48(61)66-36-39-18-9-3-10-19-39/h1-3,5-10,14-19,40-41,43H,4,11-13,20-36H2,(H,50,51,60,61). The molecule has 0 saturated carbocycles. The van der Waals surface area contributed by atoms with Crippen LogP contribution in [-0.4, -0.2) is 145 Å². The van der Waals surface area contributed by atoms with E-state index in [0.717, 1.165) is 73.7 Å². The number of nitrogens with zero attached hydrogens (tertiary/aromatic N) is 6. The minimum Gasteiger partial charge on any atom is -0.459 e. The van der Waals surface area contributed by atoms with Gasteiger partial charge in [0, 0.05) is 58.8 Å². The molecule has 4 aliphatic rings. The van der Waals surface area contributed by atoms with Gasteiger partial charge in [-0.25, -0.2) is 24.1 Å². The molecule has 0 aromatic heterocycles. The lowest BCUT2D eigenvalue weighted by Crippen LogP contribution is -2.70. The van der Waals surface area contributed by atoms with E-state index in [2.05, 4.69) is 15.2 Å². The molecule has 0 radical (unpaired) electrons. The van der Waals surface area contributed by atoms with Gasteiger partial charge in [0.15, 0.2) is 6.04 Å². The number of piperidine rings is 1. The van der Waals surface area contributed by atoms with Gasteiger partial charge in [-0.3, -0.25) is 19.8 Å². The molecule has 4 aliphatic heterocycles. The molecule has 4 saturated heterocycles. The van der Waals surface area contributed by atoms with E-state index < -0.39 is 42.1 Å². The first kappa shape index (κ1) is 47.6. The third-order valence-electron chi connectivity index (χ3n) is 12.5. The average molecular weight is 908 g/mol. The highest BCUT2D eigenvalue weighted by atomic mass is 16.6. The van der Waals surface area contributed by atoms with Crippen molar-refractivity contribution in [3.63, 3.8) is 0 Å². The summed E-state index contributed by atoms with van der Waals surface area (Å²) in [5.41, 5.74) is 2.30. The van der Waals surface area contributed by atoms with E-state index in [1.807, 2.05) is 91.0 Å². The highest BCUT2D eigenvalue weighted by molar-refractivity contribution is 6.08. The molecule has 352 valence electrons. The Kier molecular flexibility index (Phi) is 17.5. The number of carbonyl (C=O) groups excluding carboxylic acids is 6. The average Bonchev–Trinajstić information content (AvgIpc) is 3.36. The molecule has 17 nitrogen and oxygen atoms in total. The van der Waals surface area contributed by atoms with Crippen LogP contribution in [0.3, 0.4) is 0 Å². The number of benzene rings is 3. The van der Waals surface area contributed by atoms with Crippen LogP contribution < -0.4 is 5.32 Å². The summed E-state index contributed by atoms with van der Waals surface area (Å²) in [5, 5.41) is 2.64. The Morgan fingerprint density at radius 1 is 0.667 bits per heavy atom.